The molecule has 2 aromatic carbocycles. The Labute approximate surface area is 183 Å². The number of aromatic nitrogens is 4. The molecule has 3 heterocycles. The Kier molecular flexibility index (Phi) is 5.82. The van der Waals surface area contributed by atoms with E-state index in [1.165, 1.54) is 41.5 Å². The number of nitrogens with one attached hydrogen (secondary N) is 2. The second kappa shape index (κ2) is 9.04. The van der Waals surface area contributed by atoms with E-state index in [0.29, 0.717) is 6.04 Å². The highest BCUT2D eigenvalue weighted by molar-refractivity contribution is 5.85. The Morgan fingerprint density at radius 1 is 1.19 bits per heavy atom. The van der Waals surface area contributed by atoms with Gasteiger partial charge in [0.2, 0.25) is 0 Å². The van der Waals surface area contributed by atoms with Crippen molar-refractivity contribution < 1.29 is 0 Å². The molecule has 1 saturated heterocycles. The fourth-order valence-corrected chi connectivity index (χ4v) is 4.62. The van der Waals surface area contributed by atoms with Gasteiger partial charge in [0.1, 0.15) is 12.7 Å². The summed E-state index contributed by atoms with van der Waals surface area (Å²) in [5.41, 5.74) is 4.96. The van der Waals surface area contributed by atoms with Crippen molar-refractivity contribution in [2.45, 2.75) is 25.8 Å². The van der Waals surface area contributed by atoms with Crippen LogP contribution in [0.15, 0.2) is 67.4 Å². The normalized spacial score (nSPS) is 18.0. The molecule has 1 fully saturated rings. The summed E-state index contributed by atoms with van der Waals surface area (Å²) in [6.45, 7) is 6.82. The largest absolute Gasteiger partial charge is 0.361 e. The van der Waals surface area contributed by atoms with Gasteiger partial charge in [0, 0.05) is 36.2 Å². The van der Waals surface area contributed by atoms with Crippen LogP contribution in [0, 0.1) is 5.92 Å². The molecule has 4 aromatic rings. The van der Waals surface area contributed by atoms with Crippen molar-refractivity contribution >= 4 is 10.9 Å². The van der Waals surface area contributed by atoms with Gasteiger partial charge in [-0.3, -0.25) is 0 Å². The summed E-state index contributed by atoms with van der Waals surface area (Å²) in [7, 11) is 0. The van der Waals surface area contributed by atoms with Crippen molar-refractivity contribution in [3.05, 3.63) is 78.5 Å². The van der Waals surface area contributed by atoms with Crippen LogP contribution < -0.4 is 5.32 Å². The van der Waals surface area contributed by atoms with E-state index in [2.05, 4.69) is 86.9 Å². The third kappa shape index (κ3) is 4.55. The number of rotatable bonds is 8. The summed E-state index contributed by atoms with van der Waals surface area (Å²) in [5, 5.41) is 9.26. The maximum Gasteiger partial charge on any atom is 0.138 e. The maximum absolute atomic E-state index is 4.25. The fourth-order valence-electron chi connectivity index (χ4n) is 4.62. The summed E-state index contributed by atoms with van der Waals surface area (Å²) in [6.07, 6.45) is 7.80. The van der Waals surface area contributed by atoms with E-state index < -0.39 is 0 Å². The molecule has 2 N–H and O–H groups in total. The molecular weight excluding hydrogens is 384 g/mol. The van der Waals surface area contributed by atoms with Crippen molar-refractivity contribution in [1.82, 2.24) is 30.0 Å². The molecule has 5 rings (SSSR count). The van der Waals surface area contributed by atoms with Gasteiger partial charge in [-0.05, 0) is 68.1 Å². The van der Waals surface area contributed by atoms with Crippen molar-refractivity contribution in [1.29, 1.82) is 0 Å². The first-order valence-corrected chi connectivity index (χ1v) is 11.2. The van der Waals surface area contributed by atoms with Crippen LogP contribution in [0.3, 0.4) is 0 Å². The lowest BCUT2D eigenvalue weighted by Crippen LogP contribution is -2.29. The molecule has 0 radical (unpaired) electrons. The van der Waals surface area contributed by atoms with E-state index in [4.69, 9.17) is 0 Å². The van der Waals surface area contributed by atoms with Crippen molar-refractivity contribution in [3.63, 3.8) is 0 Å². The van der Waals surface area contributed by atoms with Gasteiger partial charge in [0.25, 0.3) is 0 Å². The monoisotopic (exact) mass is 414 g/mol. The van der Waals surface area contributed by atoms with Gasteiger partial charge in [-0.15, -0.1) is 0 Å². The summed E-state index contributed by atoms with van der Waals surface area (Å²) < 4.78 is 1.81. The van der Waals surface area contributed by atoms with Crippen LogP contribution in [-0.4, -0.2) is 50.8 Å². The first-order valence-electron chi connectivity index (χ1n) is 11.2. The third-order valence-electron chi connectivity index (χ3n) is 6.51. The molecule has 0 unspecified atom stereocenters. The smallest absolute Gasteiger partial charge is 0.138 e. The molecule has 6 nitrogen and oxygen atoms in total. The predicted molar refractivity (Wildman–Crippen MR) is 124 cm³/mol. The van der Waals surface area contributed by atoms with E-state index >= 15 is 0 Å². The minimum Gasteiger partial charge on any atom is -0.361 e. The predicted octanol–water partition coefficient (Wildman–Crippen LogP) is 3.96. The van der Waals surface area contributed by atoms with Gasteiger partial charge < -0.3 is 15.2 Å². The van der Waals surface area contributed by atoms with Gasteiger partial charge >= 0.3 is 0 Å². The first kappa shape index (κ1) is 20.0. The lowest BCUT2D eigenvalue weighted by molar-refractivity contribution is 0.323. The van der Waals surface area contributed by atoms with Gasteiger partial charge in [-0.1, -0.05) is 30.3 Å². The molecule has 1 aliphatic heterocycles. The number of aromatic amines is 1. The zero-order chi connectivity index (χ0) is 21.0. The second-order valence-electron chi connectivity index (χ2n) is 8.63. The Morgan fingerprint density at radius 3 is 2.94 bits per heavy atom. The topological polar surface area (TPSA) is 61.8 Å². The second-order valence-corrected chi connectivity index (χ2v) is 8.63. The van der Waals surface area contributed by atoms with E-state index in [9.17, 15) is 0 Å². The molecule has 6 heteroatoms. The number of fused-ring (bicyclic) bond motifs is 1. The first-order chi connectivity index (χ1) is 15.3. The number of nitrogens with zero attached hydrogens (tertiary/aromatic N) is 4. The highest BCUT2D eigenvalue weighted by atomic mass is 15.3. The van der Waals surface area contributed by atoms with Crippen molar-refractivity contribution in [3.8, 4) is 5.69 Å². The van der Waals surface area contributed by atoms with Crippen LogP contribution >= 0.6 is 0 Å². The number of hydrogen-bond acceptors (Lipinski definition) is 4. The Bertz CT molecular complexity index is 1100. The molecule has 0 saturated carbocycles. The molecule has 0 amide bonds. The molecule has 31 heavy (non-hydrogen) atoms. The average molecular weight is 415 g/mol. The third-order valence-corrected chi connectivity index (χ3v) is 6.51. The minimum absolute atomic E-state index is 0.403. The molecule has 2 atom stereocenters. The van der Waals surface area contributed by atoms with Gasteiger partial charge in [0.05, 0.1) is 5.69 Å². The zero-order valence-electron chi connectivity index (χ0n) is 18.0. The average Bonchev–Trinajstić information content (AvgIpc) is 3.57. The summed E-state index contributed by atoms with van der Waals surface area (Å²) in [4.78, 5) is 10.1. The van der Waals surface area contributed by atoms with Crippen LogP contribution in [0.5, 0.6) is 0 Å². The SMILES string of the molecule is C[C@H](NC[C@@H]1CCN(CCc2c[nH]c3ccc(-n4cncn4)cc23)C1)c1ccccc1. The number of benzene rings is 2. The molecule has 0 spiro atoms. The van der Waals surface area contributed by atoms with E-state index in [1.54, 1.807) is 12.7 Å². The lowest BCUT2D eigenvalue weighted by atomic mass is 10.1. The molecule has 1 aliphatic rings. The van der Waals surface area contributed by atoms with E-state index in [0.717, 1.165) is 31.1 Å². The zero-order valence-corrected chi connectivity index (χ0v) is 18.0. The Hall–Kier alpha value is -2.96. The summed E-state index contributed by atoms with van der Waals surface area (Å²) >= 11 is 0. The summed E-state index contributed by atoms with van der Waals surface area (Å²) in [6, 6.07) is 17.5. The molecule has 0 bridgehead atoms. The van der Waals surface area contributed by atoms with Crippen LogP contribution in [0.2, 0.25) is 0 Å². The van der Waals surface area contributed by atoms with Crippen molar-refractivity contribution in [2.75, 3.05) is 26.2 Å². The van der Waals surface area contributed by atoms with Gasteiger partial charge in [-0.2, -0.15) is 5.10 Å². The lowest BCUT2D eigenvalue weighted by Gasteiger charge is -2.19. The minimum atomic E-state index is 0.403. The highest BCUT2D eigenvalue weighted by Crippen LogP contribution is 2.23. The molecule has 160 valence electrons. The maximum atomic E-state index is 4.25. The van der Waals surface area contributed by atoms with Gasteiger partial charge in [-0.25, -0.2) is 9.67 Å². The van der Waals surface area contributed by atoms with E-state index in [-0.39, 0.29) is 0 Å². The van der Waals surface area contributed by atoms with Crippen LogP contribution in [0.1, 0.15) is 30.5 Å². The number of hydrogen-bond donors (Lipinski definition) is 2. The number of H-pyrrole nitrogens is 1. The van der Waals surface area contributed by atoms with E-state index in [1.807, 2.05) is 4.68 Å². The molecule has 2 aromatic heterocycles. The van der Waals surface area contributed by atoms with Crippen molar-refractivity contribution in [2.24, 2.45) is 5.92 Å². The van der Waals surface area contributed by atoms with Gasteiger partial charge in [0.15, 0.2) is 0 Å². The molecule has 0 aliphatic carbocycles. The fraction of sp³-hybridized carbons (Fsp3) is 0.360. The van der Waals surface area contributed by atoms with Crippen LogP contribution in [-0.2, 0) is 6.42 Å². The standard InChI is InChI=1S/C25H30N6/c1-19(21-5-3-2-4-6-21)27-14-20-9-11-30(16-20)12-10-22-15-28-25-8-7-23(13-24(22)25)31-18-26-17-29-31/h2-8,13,15,17-20,27-28H,9-12,14,16H2,1H3/t19-,20-/m0/s1. The van der Waals surface area contributed by atoms with Crippen LogP contribution in [0.25, 0.3) is 16.6 Å². The quantitative estimate of drug-likeness (QED) is 0.458. The molecular formula is C25H30N6. The van der Waals surface area contributed by atoms with Crippen LogP contribution in [0.4, 0.5) is 0 Å². The summed E-state index contributed by atoms with van der Waals surface area (Å²) in [5.74, 6) is 0.730. The highest BCUT2D eigenvalue weighted by Gasteiger charge is 2.22. The number of likely N-dealkylation sites (tertiary alicyclic amines) is 1. The Balaban J connectivity index is 1.15. The Morgan fingerprint density at radius 2 is 2.10 bits per heavy atom.